The van der Waals surface area contributed by atoms with Crippen LogP contribution in [0.1, 0.15) is 43.2 Å². The van der Waals surface area contributed by atoms with Crippen LogP contribution in [0.15, 0.2) is 54.6 Å². The average molecular weight is 615 g/mol. The summed E-state index contributed by atoms with van der Waals surface area (Å²) in [6.07, 6.45) is -4.03. The standard InChI is InChI=1S/C32H31ClF4N4O2/c1-18(2)17-43-29-7-5-6-19(3)30(29)41-31(21-8-10-27(25(34)14-21)38-20(4)42)23-16-40(13-12-26(23)39-41)28-11-9-22(15-24(28)33)32(35,36)37/h5-11,14-15,18H,12-13,16-17H2,1-4H3,(H,38,42). The van der Waals surface area contributed by atoms with Gasteiger partial charge in [-0.2, -0.15) is 18.3 Å². The van der Waals surface area contributed by atoms with Crippen molar-refractivity contribution in [1.29, 1.82) is 0 Å². The van der Waals surface area contributed by atoms with Crippen LogP contribution in [-0.4, -0.2) is 28.8 Å². The van der Waals surface area contributed by atoms with Crippen molar-refractivity contribution >= 4 is 28.9 Å². The lowest BCUT2D eigenvalue weighted by Crippen LogP contribution is -2.30. The van der Waals surface area contributed by atoms with E-state index in [2.05, 4.69) is 5.32 Å². The van der Waals surface area contributed by atoms with Gasteiger partial charge in [0.25, 0.3) is 0 Å². The molecule has 0 saturated heterocycles. The van der Waals surface area contributed by atoms with Crippen molar-refractivity contribution < 1.29 is 27.1 Å². The lowest BCUT2D eigenvalue weighted by molar-refractivity contribution is -0.137. The van der Waals surface area contributed by atoms with Crippen LogP contribution in [0, 0.1) is 18.7 Å². The lowest BCUT2D eigenvalue weighted by atomic mass is 9.99. The first-order chi connectivity index (χ1) is 20.3. The molecule has 1 aliphatic heterocycles. The van der Waals surface area contributed by atoms with Gasteiger partial charge >= 0.3 is 6.18 Å². The fraction of sp³-hybridized carbons (Fsp3) is 0.312. The Labute approximate surface area is 252 Å². The van der Waals surface area contributed by atoms with Crippen molar-refractivity contribution in [3.05, 3.63) is 87.8 Å². The Morgan fingerprint density at radius 3 is 2.56 bits per heavy atom. The third-order valence-corrected chi connectivity index (χ3v) is 7.49. The van der Waals surface area contributed by atoms with Gasteiger partial charge in [-0.15, -0.1) is 0 Å². The van der Waals surface area contributed by atoms with E-state index in [1.54, 1.807) is 10.7 Å². The summed E-state index contributed by atoms with van der Waals surface area (Å²) < 4.78 is 63.1. The molecule has 6 nitrogen and oxygen atoms in total. The summed E-state index contributed by atoms with van der Waals surface area (Å²) in [6, 6.07) is 13.6. The van der Waals surface area contributed by atoms with Gasteiger partial charge in [0.1, 0.15) is 17.3 Å². The number of aryl methyl sites for hydroxylation is 1. The Morgan fingerprint density at radius 2 is 1.91 bits per heavy atom. The highest BCUT2D eigenvalue weighted by Crippen LogP contribution is 2.41. The van der Waals surface area contributed by atoms with Crippen LogP contribution in [0.5, 0.6) is 5.75 Å². The van der Waals surface area contributed by atoms with Crippen LogP contribution in [0.25, 0.3) is 16.9 Å². The molecule has 2 heterocycles. The maximum atomic E-state index is 15.3. The van der Waals surface area contributed by atoms with Crippen molar-refractivity contribution in [2.24, 2.45) is 5.92 Å². The largest absolute Gasteiger partial charge is 0.491 e. The molecular weight excluding hydrogens is 584 g/mol. The number of alkyl halides is 3. The van der Waals surface area contributed by atoms with E-state index < -0.39 is 23.5 Å². The molecule has 0 saturated carbocycles. The molecule has 0 fully saturated rings. The zero-order valence-corrected chi connectivity index (χ0v) is 24.9. The maximum Gasteiger partial charge on any atom is 0.416 e. The number of rotatable bonds is 7. The molecule has 0 aliphatic carbocycles. The first-order valence-corrected chi connectivity index (χ1v) is 14.2. The van der Waals surface area contributed by atoms with Crippen molar-refractivity contribution in [2.45, 2.75) is 46.8 Å². The normalized spacial score (nSPS) is 13.3. The van der Waals surface area contributed by atoms with Crippen LogP contribution < -0.4 is 15.0 Å². The zero-order valence-electron chi connectivity index (χ0n) is 24.1. The number of aromatic nitrogens is 2. The monoisotopic (exact) mass is 614 g/mol. The Hall–Kier alpha value is -4.05. The van der Waals surface area contributed by atoms with E-state index in [0.29, 0.717) is 48.0 Å². The number of amides is 1. The van der Waals surface area contributed by atoms with Crippen LogP contribution in [-0.2, 0) is 23.9 Å². The number of nitrogens with zero attached hydrogens (tertiary/aromatic N) is 3. The minimum atomic E-state index is -4.51. The molecule has 11 heteroatoms. The van der Waals surface area contributed by atoms with Gasteiger partial charge in [-0.05, 0) is 54.8 Å². The second-order valence-electron chi connectivity index (χ2n) is 11.0. The molecule has 43 heavy (non-hydrogen) atoms. The molecule has 5 rings (SSSR count). The van der Waals surface area contributed by atoms with Gasteiger partial charge in [0, 0.05) is 37.6 Å². The minimum absolute atomic E-state index is 0.0128. The Bertz CT molecular complexity index is 1680. The van der Waals surface area contributed by atoms with E-state index in [1.165, 1.54) is 25.1 Å². The summed E-state index contributed by atoms with van der Waals surface area (Å²) in [5.41, 5.74) is 3.97. The average Bonchev–Trinajstić information content (AvgIpc) is 3.30. The number of benzene rings is 3. The van der Waals surface area contributed by atoms with E-state index >= 15 is 4.39 Å². The molecule has 4 aromatic rings. The first-order valence-electron chi connectivity index (χ1n) is 13.9. The van der Waals surface area contributed by atoms with Crippen molar-refractivity contribution in [2.75, 3.05) is 23.4 Å². The number of nitrogens with one attached hydrogen (secondary N) is 1. The van der Waals surface area contributed by atoms with E-state index in [1.807, 2.05) is 43.9 Å². The topological polar surface area (TPSA) is 59.4 Å². The van der Waals surface area contributed by atoms with Crippen molar-refractivity contribution in [3.8, 4) is 22.7 Å². The zero-order chi connectivity index (χ0) is 31.1. The van der Waals surface area contributed by atoms with Crippen LogP contribution in [0.2, 0.25) is 5.02 Å². The predicted molar refractivity (Wildman–Crippen MR) is 160 cm³/mol. The molecule has 1 aliphatic rings. The van der Waals surface area contributed by atoms with Gasteiger partial charge in [0.15, 0.2) is 0 Å². The van der Waals surface area contributed by atoms with Crippen LogP contribution >= 0.6 is 11.6 Å². The predicted octanol–water partition coefficient (Wildman–Crippen LogP) is 8.21. The lowest BCUT2D eigenvalue weighted by Gasteiger charge is -2.30. The highest BCUT2D eigenvalue weighted by Gasteiger charge is 2.33. The Morgan fingerprint density at radius 1 is 1.14 bits per heavy atom. The first kappa shape index (κ1) is 30.4. The molecule has 0 bridgehead atoms. The quantitative estimate of drug-likeness (QED) is 0.213. The highest BCUT2D eigenvalue weighted by molar-refractivity contribution is 6.33. The molecule has 0 radical (unpaired) electrons. The third kappa shape index (κ3) is 6.34. The summed E-state index contributed by atoms with van der Waals surface area (Å²) in [5, 5.41) is 7.46. The highest BCUT2D eigenvalue weighted by atomic mass is 35.5. The summed E-state index contributed by atoms with van der Waals surface area (Å²) in [4.78, 5) is 13.5. The molecule has 0 spiro atoms. The summed E-state index contributed by atoms with van der Waals surface area (Å²) in [5.74, 6) is -0.123. The molecule has 0 unspecified atom stereocenters. The number of halogens is 5. The Balaban J connectivity index is 1.66. The van der Waals surface area contributed by atoms with Gasteiger partial charge in [-0.3, -0.25) is 4.79 Å². The summed E-state index contributed by atoms with van der Waals surface area (Å²) >= 11 is 6.37. The van der Waals surface area contributed by atoms with E-state index in [4.69, 9.17) is 21.4 Å². The van der Waals surface area contributed by atoms with Crippen molar-refractivity contribution in [1.82, 2.24) is 9.78 Å². The number of para-hydroxylation sites is 1. The fourth-order valence-electron chi connectivity index (χ4n) is 5.21. The van der Waals surface area contributed by atoms with E-state index in [-0.39, 0.29) is 23.2 Å². The number of carbonyl (C=O) groups is 1. The van der Waals surface area contributed by atoms with Crippen molar-refractivity contribution in [3.63, 3.8) is 0 Å². The molecule has 1 amide bonds. The molecular formula is C32H31ClF4N4O2. The fourth-order valence-corrected chi connectivity index (χ4v) is 5.51. The SMILES string of the molecule is CC(=O)Nc1ccc(-c2c3c(nn2-c2c(C)cccc2OCC(C)C)CCN(c2ccc(C(F)(F)F)cc2Cl)C3)cc1F. The summed E-state index contributed by atoms with van der Waals surface area (Å²) in [6.45, 7) is 8.57. The molecule has 1 N–H and O–H groups in total. The van der Waals surface area contributed by atoms with Gasteiger partial charge in [-0.1, -0.05) is 43.6 Å². The maximum absolute atomic E-state index is 15.3. The molecule has 226 valence electrons. The number of fused-ring (bicyclic) bond motifs is 1. The second-order valence-corrected chi connectivity index (χ2v) is 11.4. The van der Waals surface area contributed by atoms with Crippen LogP contribution in [0.4, 0.5) is 28.9 Å². The number of hydrogen-bond donors (Lipinski definition) is 1. The smallest absolute Gasteiger partial charge is 0.416 e. The van der Waals surface area contributed by atoms with Gasteiger partial charge in [0.2, 0.25) is 5.91 Å². The van der Waals surface area contributed by atoms with Gasteiger partial charge in [-0.25, -0.2) is 9.07 Å². The number of carbonyl (C=O) groups excluding carboxylic acids is 1. The molecule has 1 aromatic heterocycles. The summed E-state index contributed by atoms with van der Waals surface area (Å²) in [7, 11) is 0. The minimum Gasteiger partial charge on any atom is -0.491 e. The molecule has 3 aromatic carbocycles. The third-order valence-electron chi connectivity index (χ3n) is 7.19. The van der Waals surface area contributed by atoms with Gasteiger partial charge in [0.05, 0.1) is 40.0 Å². The van der Waals surface area contributed by atoms with Crippen LogP contribution in [0.3, 0.4) is 0 Å². The Kier molecular flexibility index (Phi) is 8.42. The van der Waals surface area contributed by atoms with E-state index in [9.17, 15) is 18.0 Å². The number of anilines is 2. The van der Waals surface area contributed by atoms with E-state index in [0.717, 1.165) is 29.0 Å². The molecule has 0 atom stereocenters. The number of ether oxygens (including phenoxy) is 1. The number of hydrogen-bond acceptors (Lipinski definition) is 4. The van der Waals surface area contributed by atoms with Gasteiger partial charge < -0.3 is 15.0 Å². The second kappa shape index (κ2) is 11.9.